The molecule has 0 amide bonds. The highest BCUT2D eigenvalue weighted by molar-refractivity contribution is 4.93. The lowest BCUT2D eigenvalue weighted by Crippen LogP contribution is -2.36. The maximum Gasteiger partial charge on any atom is 0.0964 e. The molecule has 1 aliphatic carbocycles. The maximum atomic E-state index is 8.73. The molecule has 1 atom stereocenters. The van der Waals surface area contributed by atoms with Gasteiger partial charge in [0.05, 0.1) is 5.69 Å². The van der Waals surface area contributed by atoms with E-state index in [9.17, 15) is 0 Å². The van der Waals surface area contributed by atoms with Crippen LogP contribution in [0.1, 0.15) is 38.3 Å². The molecule has 0 radical (unpaired) electrons. The van der Waals surface area contributed by atoms with Crippen LogP contribution in [0, 0.1) is 5.92 Å². The zero-order valence-corrected chi connectivity index (χ0v) is 10.5. The Balaban J connectivity index is 1.72. The summed E-state index contributed by atoms with van der Waals surface area (Å²) in [5.41, 5.74) is 0.981. The molecule has 96 valence electrons. The highest BCUT2D eigenvalue weighted by atomic mass is 16.3. The molecule has 2 rings (SSSR count). The van der Waals surface area contributed by atoms with Crippen LogP contribution in [0.25, 0.3) is 0 Å². The van der Waals surface area contributed by atoms with Gasteiger partial charge in [0.25, 0.3) is 0 Å². The summed E-state index contributed by atoms with van der Waals surface area (Å²) in [7, 11) is 0. The van der Waals surface area contributed by atoms with E-state index in [2.05, 4.69) is 22.6 Å². The van der Waals surface area contributed by atoms with Crippen molar-refractivity contribution >= 4 is 0 Å². The predicted molar refractivity (Wildman–Crippen MR) is 65.4 cm³/mol. The van der Waals surface area contributed by atoms with E-state index in [4.69, 9.17) is 5.11 Å². The van der Waals surface area contributed by atoms with Gasteiger partial charge in [0, 0.05) is 31.9 Å². The molecule has 5 heteroatoms. The van der Waals surface area contributed by atoms with Gasteiger partial charge in [-0.25, -0.2) is 0 Å². The summed E-state index contributed by atoms with van der Waals surface area (Å²) in [5, 5.41) is 20.4. The fourth-order valence-electron chi connectivity index (χ4n) is 2.13. The summed E-state index contributed by atoms with van der Waals surface area (Å²) in [4.78, 5) is 0. The van der Waals surface area contributed by atoms with Crippen molar-refractivity contribution in [1.82, 2.24) is 20.3 Å². The van der Waals surface area contributed by atoms with E-state index in [1.54, 1.807) is 4.68 Å². The summed E-state index contributed by atoms with van der Waals surface area (Å²) < 4.78 is 1.79. The number of aliphatic hydroxyl groups is 1. The molecule has 5 nitrogen and oxygen atoms in total. The Morgan fingerprint density at radius 1 is 1.59 bits per heavy atom. The fraction of sp³-hybridized carbons (Fsp3) is 0.833. The van der Waals surface area contributed by atoms with Gasteiger partial charge >= 0.3 is 0 Å². The minimum absolute atomic E-state index is 0.201. The molecule has 0 spiro atoms. The van der Waals surface area contributed by atoms with Crippen LogP contribution in [0.4, 0.5) is 0 Å². The third-order valence-electron chi connectivity index (χ3n) is 3.59. The van der Waals surface area contributed by atoms with Crippen LogP contribution in [0.15, 0.2) is 6.20 Å². The van der Waals surface area contributed by atoms with Crippen molar-refractivity contribution in [2.45, 2.75) is 51.7 Å². The molecule has 1 aliphatic rings. The summed E-state index contributed by atoms with van der Waals surface area (Å²) in [6.07, 6.45) is 6.79. The first-order valence-corrected chi connectivity index (χ1v) is 6.53. The average Bonchev–Trinajstić information content (AvgIpc) is 2.69. The Morgan fingerprint density at radius 2 is 2.41 bits per heavy atom. The van der Waals surface area contributed by atoms with Crippen LogP contribution in [-0.4, -0.2) is 32.7 Å². The Kier molecular flexibility index (Phi) is 4.50. The van der Waals surface area contributed by atoms with Crippen LogP contribution in [0.3, 0.4) is 0 Å². The van der Waals surface area contributed by atoms with Crippen molar-refractivity contribution in [3.05, 3.63) is 11.9 Å². The normalized spacial score (nSPS) is 18.0. The molecule has 1 unspecified atom stereocenters. The topological polar surface area (TPSA) is 63.0 Å². The molecular weight excluding hydrogens is 216 g/mol. The average molecular weight is 238 g/mol. The second-order valence-electron chi connectivity index (χ2n) is 4.91. The molecule has 0 aromatic carbocycles. The second-order valence-corrected chi connectivity index (χ2v) is 4.91. The van der Waals surface area contributed by atoms with E-state index in [0.717, 1.165) is 31.1 Å². The molecular formula is C12H22N4O. The van der Waals surface area contributed by atoms with Gasteiger partial charge in [-0.2, -0.15) is 0 Å². The highest BCUT2D eigenvalue weighted by Gasteiger charge is 2.23. The van der Waals surface area contributed by atoms with Crippen LogP contribution in [0.5, 0.6) is 0 Å². The predicted octanol–water partition coefficient (Wildman–Crippen LogP) is 0.939. The molecule has 1 fully saturated rings. The van der Waals surface area contributed by atoms with Gasteiger partial charge in [-0.1, -0.05) is 11.6 Å². The minimum Gasteiger partial charge on any atom is -0.396 e. The van der Waals surface area contributed by atoms with Crippen LogP contribution in [-0.2, 0) is 13.1 Å². The van der Waals surface area contributed by atoms with Gasteiger partial charge in [0.1, 0.15) is 0 Å². The third-order valence-corrected chi connectivity index (χ3v) is 3.59. The van der Waals surface area contributed by atoms with E-state index in [-0.39, 0.29) is 6.61 Å². The largest absolute Gasteiger partial charge is 0.396 e. The Morgan fingerprint density at radius 3 is 3.06 bits per heavy atom. The number of hydrogen-bond donors (Lipinski definition) is 2. The Labute approximate surface area is 102 Å². The Hall–Kier alpha value is -0.940. The van der Waals surface area contributed by atoms with Crippen molar-refractivity contribution in [3.8, 4) is 0 Å². The van der Waals surface area contributed by atoms with Crippen molar-refractivity contribution in [3.63, 3.8) is 0 Å². The lowest BCUT2D eigenvalue weighted by atomic mass is 9.80. The number of rotatable bonds is 7. The maximum absolute atomic E-state index is 8.73. The second kappa shape index (κ2) is 6.12. The zero-order valence-electron chi connectivity index (χ0n) is 10.5. The summed E-state index contributed by atoms with van der Waals surface area (Å²) in [6, 6.07) is 0.575. The lowest BCUT2D eigenvalue weighted by molar-refractivity contribution is 0.239. The molecule has 0 bridgehead atoms. The van der Waals surface area contributed by atoms with Crippen LogP contribution >= 0.6 is 0 Å². The van der Waals surface area contributed by atoms with Crippen molar-refractivity contribution in [2.75, 3.05) is 6.61 Å². The van der Waals surface area contributed by atoms with Gasteiger partial charge in [-0.3, -0.25) is 4.68 Å². The molecule has 2 N–H and O–H groups in total. The summed E-state index contributed by atoms with van der Waals surface area (Å²) >= 11 is 0. The van der Waals surface area contributed by atoms with Gasteiger partial charge in [0.15, 0.2) is 0 Å². The summed E-state index contributed by atoms with van der Waals surface area (Å²) in [5.74, 6) is 0.847. The first-order valence-electron chi connectivity index (χ1n) is 6.53. The number of aryl methyl sites for hydroxylation is 1. The monoisotopic (exact) mass is 238 g/mol. The van der Waals surface area contributed by atoms with Crippen LogP contribution < -0.4 is 5.32 Å². The molecule has 1 saturated carbocycles. The fourth-order valence-corrected chi connectivity index (χ4v) is 2.13. The summed E-state index contributed by atoms with van der Waals surface area (Å²) in [6.45, 7) is 3.98. The number of hydrogen-bond acceptors (Lipinski definition) is 4. The standard InChI is InChI=1S/C12H22N4O/c1-10(11-4-2-5-11)13-8-12-9-16(15-14-12)6-3-7-17/h9-11,13,17H,2-8H2,1H3. The smallest absolute Gasteiger partial charge is 0.0964 e. The van der Waals surface area contributed by atoms with Gasteiger partial charge < -0.3 is 10.4 Å². The molecule has 0 aliphatic heterocycles. The van der Waals surface area contributed by atoms with Crippen molar-refractivity contribution in [1.29, 1.82) is 0 Å². The molecule has 1 aromatic heterocycles. The minimum atomic E-state index is 0.201. The van der Waals surface area contributed by atoms with E-state index in [0.29, 0.717) is 6.04 Å². The lowest BCUT2D eigenvalue weighted by Gasteiger charge is -2.31. The SMILES string of the molecule is CC(NCc1cn(CCCO)nn1)C1CCC1. The first kappa shape index (κ1) is 12.5. The van der Waals surface area contributed by atoms with Crippen molar-refractivity contribution in [2.24, 2.45) is 5.92 Å². The van der Waals surface area contributed by atoms with E-state index in [1.165, 1.54) is 19.3 Å². The van der Waals surface area contributed by atoms with E-state index < -0.39 is 0 Å². The first-order chi connectivity index (χ1) is 8.29. The van der Waals surface area contributed by atoms with Gasteiger partial charge in [0.2, 0.25) is 0 Å². The number of aliphatic hydroxyl groups excluding tert-OH is 1. The van der Waals surface area contributed by atoms with Gasteiger partial charge in [-0.05, 0) is 32.1 Å². The van der Waals surface area contributed by atoms with Gasteiger partial charge in [-0.15, -0.1) is 5.10 Å². The third kappa shape index (κ3) is 3.51. The number of nitrogens with one attached hydrogen (secondary N) is 1. The van der Waals surface area contributed by atoms with Crippen molar-refractivity contribution < 1.29 is 5.11 Å². The quantitative estimate of drug-likeness (QED) is 0.742. The molecule has 1 aromatic rings. The number of nitrogens with zero attached hydrogens (tertiary/aromatic N) is 3. The zero-order chi connectivity index (χ0) is 12.1. The van der Waals surface area contributed by atoms with E-state index >= 15 is 0 Å². The highest BCUT2D eigenvalue weighted by Crippen LogP contribution is 2.29. The van der Waals surface area contributed by atoms with Crippen LogP contribution in [0.2, 0.25) is 0 Å². The van der Waals surface area contributed by atoms with E-state index in [1.807, 2.05) is 6.20 Å². The number of aromatic nitrogens is 3. The molecule has 17 heavy (non-hydrogen) atoms. The Bertz CT molecular complexity index is 335. The molecule has 0 saturated heterocycles. The molecule has 1 heterocycles.